The zero-order chi connectivity index (χ0) is 38.2. The smallest absolute Gasteiger partial charge is 0.211 e. The van der Waals surface area contributed by atoms with E-state index in [2.05, 4.69) is 151 Å². The maximum atomic E-state index is 9.78. The van der Waals surface area contributed by atoms with E-state index in [-0.39, 0.29) is 0 Å². The number of nitriles is 1. The van der Waals surface area contributed by atoms with Crippen LogP contribution in [-0.4, -0.2) is 13.7 Å². The summed E-state index contributed by atoms with van der Waals surface area (Å²) < 4.78 is 6.88. The Morgan fingerprint density at radius 3 is 1.70 bits per heavy atom. The van der Waals surface area contributed by atoms with Crippen LogP contribution in [0.1, 0.15) is 5.56 Å². The van der Waals surface area contributed by atoms with Crippen LogP contribution in [0.3, 0.4) is 0 Å². The summed E-state index contributed by atoms with van der Waals surface area (Å²) in [6, 6.07) is 60.4. The molecule has 3 aromatic heterocycles. The van der Waals surface area contributed by atoms with Crippen LogP contribution in [0.5, 0.6) is 0 Å². The summed E-state index contributed by atoms with van der Waals surface area (Å²) in [5.74, 6) is 0. The number of aromatic nitrogens is 3. The standard InChI is InChI=1S/C51H28N6/c1-53-34-24-28-48-42(30-34)41-29-32(31-52)21-27-47(41)57(48)50-36(14-9-16-43(50)54-2)33-22-25-35(26-23-33)55-44-17-6-5-13-39(44)40-15-10-20-49(51(40)55)56-45-18-7-3-11-37(45)38-12-4-8-19-46(38)56/h3-30H. The van der Waals surface area contributed by atoms with Crippen molar-refractivity contribution in [2.45, 2.75) is 0 Å². The lowest BCUT2D eigenvalue weighted by molar-refractivity contribution is 1.13. The van der Waals surface area contributed by atoms with Crippen molar-refractivity contribution in [2.75, 3.05) is 0 Å². The zero-order valence-electron chi connectivity index (χ0n) is 30.3. The number of benzene rings is 8. The first kappa shape index (κ1) is 32.1. The fraction of sp³-hybridized carbons (Fsp3) is 0. The Morgan fingerprint density at radius 2 is 1.04 bits per heavy atom. The highest BCUT2D eigenvalue weighted by atomic mass is 15.1. The second-order valence-corrected chi connectivity index (χ2v) is 14.2. The molecule has 6 nitrogen and oxygen atoms in total. The molecular formula is C51H28N6. The minimum Gasteiger partial charge on any atom is -0.318 e. The van der Waals surface area contributed by atoms with Crippen LogP contribution in [0.2, 0.25) is 0 Å². The minimum absolute atomic E-state index is 0.507. The maximum absolute atomic E-state index is 9.78. The molecule has 0 amide bonds. The molecule has 0 bridgehead atoms. The van der Waals surface area contributed by atoms with Crippen LogP contribution >= 0.6 is 0 Å². The van der Waals surface area contributed by atoms with Gasteiger partial charge in [0, 0.05) is 32.6 Å². The normalized spacial score (nSPS) is 11.5. The molecule has 0 aliphatic carbocycles. The van der Waals surface area contributed by atoms with E-state index in [9.17, 15) is 5.26 Å². The molecule has 3 heterocycles. The number of fused-ring (bicyclic) bond motifs is 9. The lowest BCUT2D eigenvalue weighted by Gasteiger charge is -2.17. The van der Waals surface area contributed by atoms with Crippen molar-refractivity contribution in [3.8, 4) is 34.3 Å². The van der Waals surface area contributed by atoms with E-state index >= 15 is 0 Å². The second kappa shape index (κ2) is 12.3. The highest BCUT2D eigenvalue weighted by Crippen LogP contribution is 2.43. The Balaban J connectivity index is 1.15. The van der Waals surface area contributed by atoms with E-state index in [1.54, 1.807) is 0 Å². The van der Waals surface area contributed by atoms with Gasteiger partial charge in [0.15, 0.2) is 5.69 Å². The Bertz CT molecular complexity index is 3490. The third-order valence-electron chi connectivity index (χ3n) is 11.3. The van der Waals surface area contributed by atoms with Crippen molar-refractivity contribution in [2.24, 2.45) is 0 Å². The molecule has 6 heteroatoms. The van der Waals surface area contributed by atoms with Crippen LogP contribution in [0, 0.1) is 24.5 Å². The van der Waals surface area contributed by atoms with Crippen molar-refractivity contribution < 1.29 is 0 Å². The third-order valence-corrected chi connectivity index (χ3v) is 11.3. The quantitative estimate of drug-likeness (QED) is 0.167. The van der Waals surface area contributed by atoms with Crippen molar-refractivity contribution in [1.82, 2.24) is 13.7 Å². The van der Waals surface area contributed by atoms with Gasteiger partial charge < -0.3 is 13.7 Å². The van der Waals surface area contributed by atoms with E-state index in [1.807, 2.05) is 48.5 Å². The molecule has 0 unspecified atom stereocenters. The summed E-state index contributed by atoms with van der Waals surface area (Å²) in [5, 5.41) is 16.3. The predicted octanol–water partition coefficient (Wildman–Crippen LogP) is 13.6. The number of rotatable bonds is 4. The maximum Gasteiger partial charge on any atom is 0.211 e. The Morgan fingerprint density at radius 1 is 0.456 bits per heavy atom. The minimum atomic E-state index is 0.507. The molecule has 11 aromatic rings. The molecule has 0 aliphatic rings. The fourth-order valence-electron chi connectivity index (χ4n) is 8.90. The van der Waals surface area contributed by atoms with Gasteiger partial charge in [-0.3, -0.25) is 0 Å². The topological polar surface area (TPSA) is 47.3 Å². The fourth-order valence-corrected chi connectivity index (χ4v) is 8.90. The van der Waals surface area contributed by atoms with Crippen LogP contribution in [0.15, 0.2) is 170 Å². The average molecular weight is 725 g/mol. The van der Waals surface area contributed by atoms with Crippen LogP contribution in [0.4, 0.5) is 11.4 Å². The van der Waals surface area contributed by atoms with E-state index in [4.69, 9.17) is 13.1 Å². The first-order chi connectivity index (χ1) is 28.2. The summed E-state index contributed by atoms with van der Waals surface area (Å²) in [4.78, 5) is 7.71. The van der Waals surface area contributed by atoms with Crippen molar-refractivity contribution in [3.05, 3.63) is 198 Å². The molecule has 57 heavy (non-hydrogen) atoms. The SMILES string of the molecule is [C-]#[N+]c1ccc2c(c1)c1cc(C#N)ccc1n2-c1c([N+]#[C-])cccc1-c1ccc(-n2c3ccccc3c3cccc(-n4c5ccccc5c5ccccc54)c32)cc1. The average Bonchev–Trinajstić information content (AvgIpc) is 3.91. The van der Waals surface area contributed by atoms with Gasteiger partial charge in [0.1, 0.15) is 0 Å². The summed E-state index contributed by atoms with van der Waals surface area (Å²) in [6.45, 7) is 16.0. The summed E-state index contributed by atoms with van der Waals surface area (Å²) in [6.07, 6.45) is 0. The van der Waals surface area contributed by atoms with Gasteiger partial charge in [-0.05, 0) is 83.2 Å². The lowest BCUT2D eigenvalue weighted by atomic mass is 10.0. The lowest BCUT2D eigenvalue weighted by Crippen LogP contribution is -2.01. The highest BCUT2D eigenvalue weighted by molar-refractivity contribution is 6.15. The van der Waals surface area contributed by atoms with Crippen LogP contribution < -0.4 is 0 Å². The molecule has 0 radical (unpaired) electrons. The molecule has 0 saturated carbocycles. The molecule has 0 atom stereocenters. The van der Waals surface area contributed by atoms with Crippen molar-refractivity contribution >= 4 is 76.8 Å². The predicted molar refractivity (Wildman–Crippen MR) is 232 cm³/mol. The molecule has 0 saturated heterocycles. The molecular weight excluding hydrogens is 697 g/mol. The second-order valence-electron chi connectivity index (χ2n) is 14.2. The largest absolute Gasteiger partial charge is 0.318 e. The van der Waals surface area contributed by atoms with E-state index in [1.165, 1.54) is 21.5 Å². The number of hydrogen-bond acceptors (Lipinski definition) is 1. The van der Waals surface area contributed by atoms with Crippen molar-refractivity contribution in [3.63, 3.8) is 0 Å². The van der Waals surface area contributed by atoms with Gasteiger partial charge in [0.2, 0.25) is 5.69 Å². The van der Waals surface area contributed by atoms with E-state index in [0.29, 0.717) is 16.9 Å². The molecule has 0 aliphatic heterocycles. The molecule has 8 aromatic carbocycles. The summed E-state index contributed by atoms with van der Waals surface area (Å²) in [5.41, 5.74) is 12.6. The number of nitrogens with zero attached hydrogens (tertiary/aromatic N) is 6. The van der Waals surface area contributed by atoms with Gasteiger partial charge in [-0.15, -0.1) is 0 Å². The number of para-hydroxylation sites is 5. The van der Waals surface area contributed by atoms with Gasteiger partial charge >= 0.3 is 0 Å². The Kier molecular flexibility index (Phi) is 6.95. The van der Waals surface area contributed by atoms with E-state index < -0.39 is 0 Å². The van der Waals surface area contributed by atoms with Gasteiger partial charge in [-0.1, -0.05) is 103 Å². The molecule has 0 N–H and O–H groups in total. The van der Waals surface area contributed by atoms with Crippen molar-refractivity contribution in [1.29, 1.82) is 5.26 Å². The monoisotopic (exact) mass is 724 g/mol. The zero-order valence-corrected chi connectivity index (χ0v) is 30.3. The van der Waals surface area contributed by atoms with Crippen LogP contribution in [0.25, 0.3) is 103 Å². The molecule has 11 rings (SSSR count). The van der Waals surface area contributed by atoms with Gasteiger partial charge in [0.25, 0.3) is 0 Å². The number of hydrogen-bond donors (Lipinski definition) is 0. The van der Waals surface area contributed by atoms with E-state index in [0.717, 1.165) is 72.1 Å². The molecule has 0 fully saturated rings. The van der Waals surface area contributed by atoms with Gasteiger partial charge in [-0.2, -0.15) is 5.26 Å². The highest BCUT2D eigenvalue weighted by Gasteiger charge is 2.22. The Hall–Kier alpha value is -8.37. The molecule has 262 valence electrons. The molecule has 0 spiro atoms. The van der Waals surface area contributed by atoms with Crippen LogP contribution in [-0.2, 0) is 0 Å². The summed E-state index contributed by atoms with van der Waals surface area (Å²) >= 11 is 0. The van der Waals surface area contributed by atoms with Gasteiger partial charge in [0.05, 0.1) is 69.3 Å². The summed E-state index contributed by atoms with van der Waals surface area (Å²) in [7, 11) is 0. The first-order valence-corrected chi connectivity index (χ1v) is 18.6. The Labute approximate surface area is 327 Å². The first-order valence-electron chi connectivity index (χ1n) is 18.6. The van der Waals surface area contributed by atoms with Gasteiger partial charge in [-0.25, -0.2) is 9.69 Å². The third kappa shape index (κ3) is 4.61.